The highest BCUT2D eigenvalue weighted by molar-refractivity contribution is 7.83. The molecule has 0 spiro atoms. The molecule has 1 atom stereocenters. The Morgan fingerprint density at radius 2 is 2.00 bits per heavy atom. The van der Waals surface area contributed by atoms with Crippen molar-refractivity contribution in [3.63, 3.8) is 0 Å². The first-order chi connectivity index (χ1) is 9.28. The SMILES string of the molecule is Cc1cccc(S(=O)NCCNC(=O)OC(C)(C)C)c1. The molecule has 0 bridgehead atoms. The molecule has 1 amide bonds. The highest BCUT2D eigenvalue weighted by Gasteiger charge is 2.15. The minimum absolute atomic E-state index is 0.354. The number of amides is 1. The van der Waals surface area contributed by atoms with E-state index < -0.39 is 22.7 Å². The molecule has 1 aromatic rings. The standard InChI is InChI=1S/C14H22N2O3S/c1-11-6-5-7-12(10-11)20(18)16-9-8-15-13(17)19-14(2,3)4/h5-7,10,16H,8-9H2,1-4H3,(H,15,17). The van der Waals surface area contributed by atoms with Gasteiger partial charge < -0.3 is 10.1 Å². The van der Waals surface area contributed by atoms with Gasteiger partial charge in [0.15, 0.2) is 0 Å². The molecule has 1 rings (SSSR count). The Kier molecular flexibility index (Phi) is 6.16. The van der Waals surface area contributed by atoms with E-state index in [9.17, 15) is 9.00 Å². The Morgan fingerprint density at radius 3 is 2.60 bits per heavy atom. The summed E-state index contributed by atoms with van der Waals surface area (Å²) in [6.07, 6.45) is -0.472. The number of rotatable bonds is 5. The van der Waals surface area contributed by atoms with Crippen molar-refractivity contribution in [1.82, 2.24) is 10.0 Å². The third-order valence-corrected chi connectivity index (χ3v) is 3.38. The van der Waals surface area contributed by atoms with Crippen LogP contribution in [0, 0.1) is 6.92 Å². The maximum absolute atomic E-state index is 11.9. The van der Waals surface area contributed by atoms with Gasteiger partial charge in [0.1, 0.15) is 16.6 Å². The van der Waals surface area contributed by atoms with Gasteiger partial charge in [0.05, 0.1) is 4.90 Å². The van der Waals surface area contributed by atoms with Gasteiger partial charge in [-0.25, -0.2) is 13.7 Å². The van der Waals surface area contributed by atoms with E-state index in [1.807, 2.05) is 25.1 Å². The van der Waals surface area contributed by atoms with Crippen LogP contribution in [0.2, 0.25) is 0 Å². The molecular formula is C14H22N2O3S. The molecule has 112 valence electrons. The summed E-state index contributed by atoms with van der Waals surface area (Å²) in [7, 11) is -1.27. The number of benzene rings is 1. The molecule has 0 aliphatic carbocycles. The number of carbonyl (C=O) groups excluding carboxylic acids is 1. The predicted molar refractivity (Wildman–Crippen MR) is 79.8 cm³/mol. The molecule has 20 heavy (non-hydrogen) atoms. The zero-order valence-corrected chi connectivity index (χ0v) is 13.2. The second-order valence-electron chi connectivity index (χ2n) is 5.41. The third kappa shape index (κ3) is 6.68. The highest BCUT2D eigenvalue weighted by atomic mass is 32.2. The summed E-state index contributed by atoms with van der Waals surface area (Å²) in [6.45, 7) is 8.11. The van der Waals surface area contributed by atoms with Crippen LogP contribution in [0.15, 0.2) is 29.2 Å². The van der Waals surface area contributed by atoms with Gasteiger partial charge in [-0.1, -0.05) is 12.1 Å². The lowest BCUT2D eigenvalue weighted by atomic mass is 10.2. The summed E-state index contributed by atoms with van der Waals surface area (Å²) in [4.78, 5) is 12.1. The Morgan fingerprint density at radius 1 is 1.30 bits per heavy atom. The maximum atomic E-state index is 11.9. The molecule has 0 aliphatic heterocycles. The molecule has 0 heterocycles. The van der Waals surface area contributed by atoms with Crippen LogP contribution < -0.4 is 10.0 Å². The molecular weight excluding hydrogens is 276 g/mol. The Bertz CT molecular complexity index is 484. The number of hydrogen-bond acceptors (Lipinski definition) is 3. The van der Waals surface area contributed by atoms with Crippen LogP contribution in [-0.2, 0) is 15.7 Å². The normalized spacial score (nSPS) is 12.8. The molecule has 1 unspecified atom stereocenters. The topological polar surface area (TPSA) is 67.4 Å². The third-order valence-electron chi connectivity index (χ3n) is 2.23. The van der Waals surface area contributed by atoms with Crippen molar-refractivity contribution in [3.05, 3.63) is 29.8 Å². The molecule has 0 radical (unpaired) electrons. The molecule has 2 N–H and O–H groups in total. The first-order valence-electron chi connectivity index (χ1n) is 6.47. The van der Waals surface area contributed by atoms with E-state index in [2.05, 4.69) is 10.0 Å². The number of nitrogens with one attached hydrogen (secondary N) is 2. The number of carbonyl (C=O) groups is 1. The first kappa shape index (κ1) is 16.7. The summed E-state index contributed by atoms with van der Waals surface area (Å²) >= 11 is 0. The first-order valence-corrected chi connectivity index (χ1v) is 7.62. The summed E-state index contributed by atoms with van der Waals surface area (Å²) in [5.41, 5.74) is 0.548. The lowest BCUT2D eigenvalue weighted by Gasteiger charge is -2.19. The Balaban J connectivity index is 2.28. The summed E-state index contributed by atoms with van der Waals surface area (Å²) in [5, 5.41) is 2.60. The van der Waals surface area contributed by atoms with Crippen molar-refractivity contribution in [3.8, 4) is 0 Å². The second kappa shape index (κ2) is 7.40. The molecule has 0 aliphatic rings. The number of ether oxygens (including phenoxy) is 1. The van der Waals surface area contributed by atoms with Crippen molar-refractivity contribution in [2.45, 2.75) is 38.2 Å². The van der Waals surface area contributed by atoms with Crippen LogP contribution in [0.1, 0.15) is 26.3 Å². The Hall–Kier alpha value is -1.40. The van der Waals surface area contributed by atoms with Crippen molar-refractivity contribution in [2.75, 3.05) is 13.1 Å². The summed E-state index contributed by atoms with van der Waals surface area (Å²) in [6, 6.07) is 7.48. The Labute approximate surface area is 122 Å². The molecule has 1 aromatic carbocycles. The number of aryl methyl sites for hydroxylation is 1. The largest absolute Gasteiger partial charge is 0.444 e. The average molecular weight is 298 g/mol. The maximum Gasteiger partial charge on any atom is 0.407 e. The lowest BCUT2D eigenvalue weighted by molar-refractivity contribution is 0.0529. The van der Waals surface area contributed by atoms with Crippen molar-refractivity contribution >= 4 is 17.1 Å². The van der Waals surface area contributed by atoms with E-state index in [1.165, 1.54) is 0 Å². The quantitative estimate of drug-likeness (QED) is 0.818. The van der Waals surface area contributed by atoms with Crippen LogP contribution in [0.3, 0.4) is 0 Å². The predicted octanol–water partition coefficient (Wildman–Crippen LogP) is 2.13. The molecule has 0 saturated heterocycles. The van der Waals surface area contributed by atoms with E-state index in [-0.39, 0.29) is 0 Å². The fourth-order valence-corrected chi connectivity index (χ4v) is 2.39. The lowest BCUT2D eigenvalue weighted by Crippen LogP contribution is -2.36. The number of hydrogen-bond donors (Lipinski definition) is 2. The highest BCUT2D eigenvalue weighted by Crippen LogP contribution is 2.07. The average Bonchev–Trinajstić information content (AvgIpc) is 2.32. The zero-order valence-electron chi connectivity index (χ0n) is 12.4. The zero-order chi connectivity index (χ0) is 15.2. The van der Waals surface area contributed by atoms with Crippen LogP contribution in [0.5, 0.6) is 0 Å². The summed E-state index contributed by atoms with van der Waals surface area (Å²) < 4.78 is 19.9. The smallest absolute Gasteiger partial charge is 0.407 e. The van der Waals surface area contributed by atoms with Gasteiger partial charge in [0.25, 0.3) is 0 Å². The summed E-state index contributed by atoms with van der Waals surface area (Å²) in [5.74, 6) is 0. The van der Waals surface area contributed by atoms with E-state index in [0.29, 0.717) is 13.1 Å². The van der Waals surface area contributed by atoms with Gasteiger partial charge >= 0.3 is 6.09 Å². The molecule has 0 saturated carbocycles. The van der Waals surface area contributed by atoms with Crippen LogP contribution >= 0.6 is 0 Å². The van der Waals surface area contributed by atoms with Gasteiger partial charge in [-0.05, 0) is 45.4 Å². The van der Waals surface area contributed by atoms with Crippen molar-refractivity contribution in [1.29, 1.82) is 0 Å². The van der Waals surface area contributed by atoms with Gasteiger partial charge in [0, 0.05) is 13.1 Å². The van der Waals surface area contributed by atoms with Gasteiger partial charge in [0.2, 0.25) is 0 Å². The van der Waals surface area contributed by atoms with Crippen molar-refractivity contribution in [2.24, 2.45) is 0 Å². The molecule has 0 aromatic heterocycles. The van der Waals surface area contributed by atoms with Crippen LogP contribution in [-0.4, -0.2) is 29.0 Å². The van der Waals surface area contributed by atoms with E-state index in [1.54, 1.807) is 26.8 Å². The number of alkyl carbamates (subject to hydrolysis) is 1. The minimum Gasteiger partial charge on any atom is -0.444 e. The molecule has 5 nitrogen and oxygen atoms in total. The van der Waals surface area contributed by atoms with E-state index in [4.69, 9.17) is 4.74 Å². The fourth-order valence-electron chi connectivity index (χ4n) is 1.44. The van der Waals surface area contributed by atoms with E-state index in [0.717, 1.165) is 10.5 Å². The monoisotopic (exact) mass is 298 g/mol. The molecule has 0 fully saturated rings. The minimum atomic E-state index is -1.27. The van der Waals surface area contributed by atoms with E-state index >= 15 is 0 Å². The fraction of sp³-hybridized carbons (Fsp3) is 0.500. The van der Waals surface area contributed by atoms with Crippen LogP contribution in [0.4, 0.5) is 4.79 Å². The molecule has 6 heteroatoms. The second-order valence-corrected chi connectivity index (χ2v) is 6.71. The van der Waals surface area contributed by atoms with Crippen LogP contribution in [0.25, 0.3) is 0 Å². The van der Waals surface area contributed by atoms with Gasteiger partial charge in [-0.2, -0.15) is 0 Å². The van der Waals surface area contributed by atoms with Gasteiger partial charge in [-0.3, -0.25) is 0 Å². The van der Waals surface area contributed by atoms with Crippen molar-refractivity contribution < 1.29 is 13.7 Å². The van der Waals surface area contributed by atoms with Gasteiger partial charge in [-0.15, -0.1) is 0 Å².